The minimum atomic E-state index is -0.160. The van der Waals surface area contributed by atoms with E-state index in [1.165, 1.54) is 23.9 Å². The van der Waals surface area contributed by atoms with Crippen molar-refractivity contribution < 1.29 is 5.11 Å². The van der Waals surface area contributed by atoms with E-state index < -0.39 is 0 Å². The van der Waals surface area contributed by atoms with Crippen molar-refractivity contribution in [2.45, 2.75) is 6.54 Å². The summed E-state index contributed by atoms with van der Waals surface area (Å²) in [6.07, 6.45) is 3.07. The van der Waals surface area contributed by atoms with E-state index in [1.54, 1.807) is 16.3 Å². The predicted octanol–water partition coefficient (Wildman–Crippen LogP) is 0.584. The monoisotopic (exact) mass is 300 g/mol. The Morgan fingerprint density at radius 3 is 3.14 bits per heavy atom. The summed E-state index contributed by atoms with van der Waals surface area (Å²) in [4.78, 5) is 17.6. The van der Waals surface area contributed by atoms with E-state index in [1.807, 2.05) is 11.4 Å². The highest BCUT2D eigenvalue weighted by atomic mass is 32.1. The molecule has 0 saturated heterocycles. The molecule has 21 heavy (non-hydrogen) atoms. The van der Waals surface area contributed by atoms with E-state index in [9.17, 15) is 4.79 Å². The van der Waals surface area contributed by atoms with Crippen LogP contribution in [0.3, 0.4) is 0 Å². The van der Waals surface area contributed by atoms with Gasteiger partial charge in [-0.2, -0.15) is 5.10 Å². The summed E-state index contributed by atoms with van der Waals surface area (Å²) >= 11 is 1.52. The van der Waals surface area contributed by atoms with Crippen molar-refractivity contribution in [1.82, 2.24) is 19.3 Å². The lowest BCUT2D eigenvalue weighted by atomic mass is 10.3. The van der Waals surface area contributed by atoms with E-state index in [2.05, 4.69) is 21.9 Å². The number of hydrogen-bond acceptors (Lipinski definition) is 5. The topological polar surface area (TPSA) is 72.9 Å². The van der Waals surface area contributed by atoms with Gasteiger partial charge < -0.3 is 5.11 Å². The summed E-state index contributed by atoms with van der Waals surface area (Å²) < 4.78 is 3.13. The van der Waals surface area contributed by atoms with Crippen LogP contribution in [0.5, 0.6) is 0 Å². The molecule has 0 bridgehead atoms. The molecule has 0 fully saturated rings. The molecule has 7 heteroatoms. The number of fused-ring (bicyclic) bond motifs is 1. The molecule has 0 aromatic carbocycles. The summed E-state index contributed by atoms with van der Waals surface area (Å²) in [6, 6.07) is 1.91. The zero-order valence-electron chi connectivity index (χ0n) is 11.3. The normalized spacial score (nSPS) is 10.6. The number of rotatable bonds is 2. The highest BCUT2D eigenvalue weighted by Gasteiger charge is 2.09. The van der Waals surface area contributed by atoms with Gasteiger partial charge in [0.15, 0.2) is 5.65 Å². The van der Waals surface area contributed by atoms with Crippen molar-refractivity contribution in [3.63, 3.8) is 0 Å². The van der Waals surface area contributed by atoms with E-state index in [0.29, 0.717) is 17.6 Å². The summed E-state index contributed by atoms with van der Waals surface area (Å²) in [7, 11) is 1.75. The predicted molar refractivity (Wildman–Crippen MR) is 80.2 cm³/mol. The molecule has 0 aliphatic rings. The first-order valence-electron chi connectivity index (χ1n) is 6.23. The third-order valence-electron chi connectivity index (χ3n) is 3.01. The van der Waals surface area contributed by atoms with Gasteiger partial charge in [0.05, 0.1) is 12.7 Å². The van der Waals surface area contributed by atoms with Crippen molar-refractivity contribution in [2.24, 2.45) is 7.05 Å². The van der Waals surface area contributed by atoms with Crippen LogP contribution in [0.1, 0.15) is 10.4 Å². The molecule has 3 rings (SSSR count). The number of thiophene rings is 1. The Morgan fingerprint density at radius 2 is 2.33 bits per heavy atom. The van der Waals surface area contributed by atoms with Crippen molar-refractivity contribution in [1.29, 1.82) is 0 Å². The molecule has 0 spiro atoms. The van der Waals surface area contributed by atoms with Gasteiger partial charge in [0, 0.05) is 22.9 Å². The first kappa shape index (κ1) is 13.5. The Labute approximate surface area is 124 Å². The maximum Gasteiger partial charge on any atom is 0.264 e. The first-order chi connectivity index (χ1) is 10.2. The van der Waals surface area contributed by atoms with Gasteiger partial charge in [0.25, 0.3) is 5.56 Å². The van der Waals surface area contributed by atoms with Crippen LogP contribution in [0.25, 0.3) is 11.0 Å². The summed E-state index contributed by atoms with van der Waals surface area (Å²) in [6.45, 7) is 0.286. The maximum atomic E-state index is 12.3. The van der Waals surface area contributed by atoms with Crippen LogP contribution in [0.2, 0.25) is 0 Å². The SMILES string of the molecule is Cn1ncc2c(=O)n(Cc3cc(C#CCO)cs3)cnc21. The highest BCUT2D eigenvalue weighted by Crippen LogP contribution is 2.15. The van der Waals surface area contributed by atoms with Gasteiger partial charge in [-0.15, -0.1) is 11.3 Å². The number of aryl methyl sites for hydroxylation is 1. The van der Waals surface area contributed by atoms with Gasteiger partial charge in [-0.25, -0.2) is 4.98 Å². The zero-order chi connectivity index (χ0) is 14.8. The minimum absolute atomic E-state index is 0.107. The molecule has 0 radical (unpaired) electrons. The quantitative estimate of drug-likeness (QED) is 0.703. The smallest absolute Gasteiger partial charge is 0.264 e. The number of hydrogen-bond donors (Lipinski definition) is 1. The Bertz CT molecular complexity index is 910. The van der Waals surface area contributed by atoms with Gasteiger partial charge in [0.1, 0.15) is 18.3 Å². The maximum absolute atomic E-state index is 12.3. The molecule has 0 atom stereocenters. The van der Waals surface area contributed by atoms with Gasteiger partial charge >= 0.3 is 0 Å². The number of aliphatic hydroxyl groups is 1. The van der Waals surface area contributed by atoms with Gasteiger partial charge in [-0.3, -0.25) is 14.0 Å². The van der Waals surface area contributed by atoms with E-state index >= 15 is 0 Å². The zero-order valence-corrected chi connectivity index (χ0v) is 12.1. The second-order valence-corrected chi connectivity index (χ2v) is 5.44. The molecule has 0 aliphatic heterocycles. The highest BCUT2D eigenvalue weighted by molar-refractivity contribution is 7.10. The second kappa shape index (κ2) is 5.52. The molecule has 3 heterocycles. The van der Waals surface area contributed by atoms with E-state index in [-0.39, 0.29) is 12.2 Å². The fraction of sp³-hybridized carbons (Fsp3) is 0.214. The third-order valence-corrected chi connectivity index (χ3v) is 3.93. The van der Waals surface area contributed by atoms with Crippen molar-refractivity contribution in [3.8, 4) is 11.8 Å². The summed E-state index contributed by atoms with van der Waals surface area (Å²) in [5, 5.41) is 15.1. The van der Waals surface area contributed by atoms with Crippen LogP contribution in [0.15, 0.2) is 28.8 Å². The molecule has 0 saturated carbocycles. The lowest BCUT2D eigenvalue weighted by Crippen LogP contribution is -2.20. The average Bonchev–Trinajstić information content (AvgIpc) is 3.07. The lowest BCUT2D eigenvalue weighted by molar-refractivity contribution is 0.350. The van der Waals surface area contributed by atoms with Crippen molar-refractivity contribution in [2.75, 3.05) is 6.61 Å². The Hall–Kier alpha value is -2.43. The van der Waals surface area contributed by atoms with Crippen molar-refractivity contribution in [3.05, 3.63) is 44.8 Å². The molecule has 6 nitrogen and oxygen atoms in total. The second-order valence-electron chi connectivity index (χ2n) is 4.44. The van der Waals surface area contributed by atoms with Gasteiger partial charge in [-0.1, -0.05) is 11.8 Å². The number of nitrogens with zero attached hydrogens (tertiary/aromatic N) is 4. The molecule has 0 unspecified atom stereocenters. The fourth-order valence-corrected chi connectivity index (χ4v) is 2.83. The van der Waals surface area contributed by atoms with Gasteiger partial charge in [-0.05, 0) is 6.07 Å². The Morgan fingerprint density at radius 1 is 1.48 bits per heavy atom. The Balaban J connectivity index is 1.93. The fourth-order valence-electron chi connectivity index (χ4n) is 2.02. The molecule has 3 aromatic heterocycles. The lowest BCUT2D eigenvalue weighted by Gasteiger charge is -2.02. The van der Waals surface area contributed by atoms with E-state index in [0.717, 1.165) is 10.4 Å². The molecule has 0 aliphatic carbocycles. The average molecular weight is 300 g/mol. The third kappa shape index (κ3) is 2.59. The summed E-state index contributed by atoms with van der Waals surface area (Å²) in [5.41, 5.74) is 1.31. The van der Waals surface area contributed by atoms with Crippen LogP contribution in [-0.4, -0.2) is 31.0 Å². The molecule has 3 aromatic rings. The molecule has 106 valence electrons. The van der Waals surface area contributed by atoms with Gasteiger partial charge in [0.2, 0.25) is 0 Å². The van der Waals surface area contributed by atoms with Crippen LogP contribution >= 0.6 is 11.3 Å². The molecule has 1 N–H and O–H groups in total. The van der Waals surface area contributed by atoms with Crippen LogP contribution in [-0.2, 0) is 13.6 Å². The Kier molecular flexibility index (Phi) is 3.56. The van der Waals surface area contributed by atoms with Crippen molar-refractivity contribution >= 4 is 22.4 Å². The minimum Gasteiger partial charge on any atom is -0.384 e. The standard InChI is InChI=1S/C14H12N4O2S/c1-17-13-12(6-16-17)14(20)18(9-15-13)7-11-5-10(8-21-11)3-2-4-19/h5-6,8-9,19H,4,7H2,1H3. The van der Waals surface area contributed by atoms with Crippen LogP contribution < -0.4 is 5.56 Å². The van der Waals surface area contributed by atoms with E-state index in [4.69, 9.17) is 5.11 Å². The molecule has 0 amide bonds. The molecular formula is C14H12N4O2S. The first-order valence-corrected chi connectivity index (χ1v) is 7.11. The van der Waals surface area contributed by atoms with Crippen LogP contribution in [0.4, 0.5) is 0 Å². The van der Waals surface area contributed by atoms with Crippen LogP contribution in [0, 0.1) is 11.8 Å². The summed E-state index contributed by atoms with van der Waals surface area (Å²) in [5.74, 6) is 5.44. The number of aliphatic hydroxyl groups excluding tert-OH is 1. The number of aromatic nitrogens is 4. The largest absolute Gasteiger partial charge is 0.384 e. The molecular weight excluding hydrogens is 288 g/mol.